The summed E-state index contributed by atoms with van der Waals surface area (Å²) in [5, 5.41) is 13.8. The van der Waals surface area contributed by atoms with E-state index in [0.29, 0.717) is 18.7 Å². The first kappa shape index (κ1) is 26.7. The normalized spacial score (nSPS) is 20.6. The number of carbonyl (C=O) groups excluding carboxylic acids is 4. The second-order valence-corrected chi connectivity index (χ2v) is 9.70. The van der Waals surface area contributed by atoms with Gasteiger partial charge in [0.05, 0.1) is 25.5 Å². The van der Waals surface area contributed by atoms with E-state index in [-0.39, 0.29) is 50.6 Å². The van der Waals surface area contributed by atoms with Crippen LogP contribution in [0.3, 0.4) is 0 Å². The molecule has 0 aliphatic carbocycles. The summed E-state index contributed by atoms with van der Waals surface area (Å²) in [6, 6.07) is 7.37. The van der Waals surface area contributed by atoms with Gasteiger partial charge in [0, 0.05) is 38.7 Å². The van der Waals surface area contributed by atoms with Gasteiger partial charge >= 0.3 is 0 Å². The van der Waals surface area contributed by atoms with Crippen LogP contribution in [0.25, 0.3) is 0 Å². The highest BCUT2D eigenvalue weighted by atomic mass is 16.2. The Morgan fingerprint density at radius 3 is 2.65 bits per heavy atom. The van der Waals surface area contributed by atoms with Gasteiger partial charge in [0.15, 0.2) is 0 Å². The summed E-state index contributed by atoms with van der Waals surface area (Å²) in [4.78, 5) is 74.0. The van der Waals surface area contributed by atoms with Crippen LogP contribution >= 0.6 is 0 Å². The van der Waals surface area contributed by atoms with Gasteiger partial charge in [-0.3, -0.25) is 28.7 Å². The first-order valence-corrected chi connectivity index (χ1v) is 13.0. The van der Waals surface area contributed by atoms with Crippen molar-refractivity contribution >= 4 is 23.6 Å². The second-order valence-electron chi connectivity index (χ2n) is 9.70. The molecule has 0 radical (unpaired) electrons. The first-order valence-electron chi connectivity index (χ1n) is 13.0. The van der Waals surface area contributed by atoms with Crippen molar-refractivity contribution in [1.29, 1.82) is 0 Å². The summed E-state index contributed by atoms with van der Waals surface area (Å²) in [6.45, 7) is 0.627. The lowest BCUT2D eigenvalue weighted by Crippen LogP contribution is -2.64. The van der Waals surface area contributed by atoms with Crippen LogP contribution in [-0.2, 0) is 33.9 Å². The Labute approximate surface area is 228 Å². The third kappa shape index (κ3) is 6.22. The molecule has 4 heterocycles. The lowest BCUT2D eigenvalue weighted by Gasteiger charge is -2.41. The van der Waals surface area contributed by atoms with Gasteiger partial charge < -0.3 is 25.4 Å². The van der Waals surface area contributed by atoms with Gasteiger partial charge in [0.25, 0.3) is 11.5 Å². The predicted octanol–water partition coefficient (Wildman–Crippen LogP) is -1.15. The lowest BCUT2D eigenvalue weighted by atomic mass is 10.0. The summed E-state index contributed by atoms with van der Waals surface area (Å²) < 4.78 is 1.60. The maximum Gasteiger partial charge on any atom is 0.274 e. The van der Waals surface area contributed by atoms with Crippen LogP contribution in [0, 0.1) is 0 Å². The van der Waals surface area contributed by atoms with Crippen LogP contribution in [0.4, 0.5) is 0 Å². The van der Waals surface area contributed by atoms with Gasteiger partial charge in [-0.15, -0.1) is 5.10 Å². The monoisotopic (exact) mass is 547 g/mol. The molecule has 208 valence electrons. The molecule has 0 saturated carbocycles. The van der Waals surface area contributed by atoms with Crippen molar-refractivity contribution in [3.63, 3.8) is 0 Å². The number of benzene rings is 1. The lowest BCUT2D eigenvalue weighted by molar-refractivity contribution is -0.146. The average Bonchev–Trinajstić information content (AvgIpc) is 3.42. The van der Waals surface area contributed by atoms with Crippen LogP contribution in [0.1, 0.15) is 34.6 Å². The van der Waals surface area contributed by atoms with Crippen molar-refractivity contribution in [2.75, 3.05) is 19.6 Å². The molecule has 2 aliphatic rings. The number of rotatable bonds is 3. The molecule has 3 aromatic rings. The van der Waals surface area contributed by atoms with Crippen molar-refractivity contribution in [3.05, 3.63) is 76.2 Å². The quantitative estimate of drug-likeness (QED) is 0.368. The number of carbonyl (C=O) groups is 4. The maximum atomic E-state index is 13.9. The summed E-state index contributed by atoms with van der Waals surface area (Å²) in [7, 11) is 0. The number of nitrogens with zero attached hydrogens (tertiary/aromatic N) is 6. The van der Waals surface area contributed by atoms with E-state index in [9.17, 15) is 24.0 Å². The van der Waals surface area contributed by atoms with Crippen molar-refractivity contribution in [2.24, 2.45) is 0 Å². The van der Waals surface area contributed by atoms with E-state index in [2.05, 4.69) is 30.9 Å². The van der Waals surface area contributed by atoms with Gasteiger partial charge in [-0.1, -0.05) is 35.5 Å². The Morgan fingerprint density at radius 1 is 1.05 bits per heavy atom. The van der Waals surface area contributed by atoms with Crippen molar-refractivity contribution in [3.8, 4) is 0 Å². The largest absolute Gasteiger partial charge is 0.348 e. The fourth-order valence-corrected chi connectivity index (χ4v) is 4.82. The molecule has 14 heteroatoms. The number of aromatic nitrogens is 5. The molecule has 40 heavy (non-hydrogen) atoms. The maximum absolute atomic E-state index is 13.9. The number of fused-ring (bicyclic) bond motifs is 3. The average molecular weight is 548 g/mol. The van der Waals surface area contributed by atoms with Gasteiger partial charge in [0.1, 0.15) is 23.5 Å². The van der Waals surface area contributed by atoms with Gasteiger partial charge in [-0.25, -0.2) is 4.98 Å². The van der Waals surface area contributed by atoms with E-state index in [1.165, 1.54) is 16.0 Å². The van der Waals surface area contributed by atoms with E-state index in [4.69, 9.17) is 0 Å². The van der Waals surface area contributed by atoms with E-state index < -0.39 is 35.4 Å². The van der Waals surface area contributed by atoms with Crippen LogP contribution in [0.5, 0.6) is 0 Å². The van der Waals surface area contributed by atoms with Crippen LogP contribution in [0.15, 0.2) is 53.7 Å². The fraction of sp³-hybridized carbons (Fsp3) is 0.385. The summed E-state index contributed by atoms with van der Waals surface area (Å²) in [6.07, 6.45) is 4.84. The van der Waals surface area contributed by atoms with E-state index in [1.54, 1.807) is 10.9 Å². The highest BCUT2D eigenvalue weighted by Gasteiger charge is 2.40. The van der Waals surface area contributed by atoms with E-state index in [1.807, 2.05) is 30.3 Å². The highest BCUT2D eigenvalue weighted by molar-refractivity contribution is 5.95. The molecule has 1 saturated heterocycles. The number of amides is 4. The molecule has 5 rings (SSSR count). The molecule has 3 N–H and O–H groups in total. The van der Waals surface area contributed by atoms with Gasteiger partial charge in [-0.2, -0.15) is 0 Å². The Kier molecular flexibility index (Phi) is 7.94. The third-order valence-corrected chi connectivity index (χ3v) is 6.88. The number of aryl methyl sites for hydroxylation is 1. The Hall–Kier alpha value is -4.88. The Balaban J connectivity index is 1.43. The Morgan fingerprint density at radius 2 is 1.88 bits per heavy atom. The molecule has 2 atom stereocenters. The van der Waals surface area contributed by atoms with Crippen molar-refractivity contribution in [2.45, 2.75) is 44.4 Å². The Bertz CT molecular complexity index is 1430. The smallest absolute Gasteiger partial charge is 0.274 e. The van der Waals surface area contributed by atoms with Crippen molar-refractivity contribution < 1.29 is 19.2 Å². The fourth-order valence-electron chi connectivity index (χ4n) is 4.82. The van der Waals surface area contributed by atoms with Crippen LogP contribution in [-0.4, -0.2) is 90.1 Å². The number of hydrogen-bond donors (Lipinski definition) is 3. The van der Waals surface area contributed by atoms with Crippen LogP contribution < -0.4 is 16.2 Å². The van der Waals surface area contributed by atoms with Crippen LogP contribution in [0.2, 0.25) is 0 Å². The second kappa shape index (κ2) is 11.9. The number of H-pyrrole nitrogens is 1. The first-order chi connectivity index (χ1) is 19.4. The summed E-state index contributed by atoms with van der Waals surface area (Å²) >= 11 is 0. The molecule has 4 amide bonds. The number of aromatic amines is 1. The van der Waals surface area contributed by atoms with Gasteiger partial charge in [-0.05, 0) is 12.0 Å². The van der Waals surface area contributed by atoms with Crippen molar-refractivity contribution in [1.82, 2.24) is 45.4 Å². The zero-order valence-corrected chi connectivity index (χ0v) is 21.7. The third-order valence-electron chi connectivity index (χ3n) is 6.88. The molecular weight excluding hydrogens is 518 g/mol. The molecule has 2 aromatic heterocycles. The van der Waals surface area contributed by atoms with E-state index in [0.717, 1.165) is 11.8 Å². The molecule has 2 bridgehead atoms. The molecule has 1 fully saturated rings. The number of nitrogens with one attached hydrogen (secondary N) is 3. The van der Waals surface area contributed by atoms with E-state index >= 15 is 0 Å². The predicted molar refractivity (Wildman–Crippen MR) is 139 cm³/mol. The number of piperazine rings is 1. The summed E-state index contributed by atoms with van der Waals surface area (Å²) in [5.41, 5.74) is 0.945. The summed E-state index contributed by atoms with van der Waals surface area (Å²) in [5.74, 6) is -1.66. The minimum atomic E-state index is -1.04. The SMILES string of the molecule is O=C1CCCn2cc(nn2)CNC(=O)[C@H]2CN(C(=O)c3c[nH]c(=O)cn3)CCN2C(=O)[C@H](Cc2ccccc2)N1. The zero-order chi connectivity index (χ0) is 28.1. The standard InChI is InChI=1S/C26H29N9O5/c36-22-7-4-8-34-15-18(31-32-34)12-29-24(38)21-16-33(25(39)20-13-28-23(37)14-27-20)9-10-35(21)26(40)19(30-22)11-17-5-2-1-3-6-17/h1-3,5-6,13-15,19,21H,4,7-12,16H2,(H,28,37)(H,29,38)(H,30,36)/t19-,21+/m0/s1. The molecule has 14 nitrogen and oxygen atoms in total. The molecular formula is C26H29N9O5. The zero-order valence-electron chi connectivity index (χ0n) is 21.7. The van der Waals surface area contributed by atoms with Gasteiger partial charge in [0.2, 0.25) is 17.7 Å². The molecule has 2 aliphatic heterocycles. The minimum Gasteiger partial charge on any atom is -0.348 e. The number of hydrogen-bond acceptors (Lipinski definition) is 8. The topological polar surface area (TPSA) is 175 Å². The molecule has 1 aromatic carbocycles. The molecule has 0 unspecified atom stereocenters. The highest BCUT2D eigenvalue weighted by Crippen LogP contribution is 2.17. The molecule has 0 spiro atoms. The minimum absolute atomic E-state index is 0.0164.